The largest absolute Gasteiger partial charge is 0.228 e. The minimum Gasteiger partial charge on any atom is -0.228 e. The van der Waals surface area contributed by atoms with Crippen LogP contribution in [0.25, 0.3) is 0 Å². The minimum absolute atomic E-state index is 0.632. The predicted octanol–water partition coefficient (Wildman–Crippen LogP) is 0.662. The van der Waals surface area contributed by atoms with Gasteiger partial charge in [-0.1, -0.05) is 6.92 Å². The van der Waals surface area contributed by atoms with Crippen molar-refractivity contribution in [3.63, 3.8) is 0 Å². The lowest BCUT2D eigenvalue weighted by atomic mass is 10.2. The standard InChI is InChI=1S/C8H19N3S2/c1-2-8-7-10(3-5-12)9-11(8)4-6-13/h8-9,12-13H,2-7H2,1H3. The zero-order chi connectivity index (χ0) is 9.68. The van der Waals surface area contributed by atoms with Crippen molar-refractivity contribution in [1.29, 1.82) is 0 Å². The molecule has 3 nitrogen and oxygen atoms in total. The molecule has 0 bridgehead atoms. The Balaban J connectivity index is 2.36. The van der Waals surface area contributed by atoms with Crippen LogP contribution in [0.5, 0.6) is 0 Å². The second-order valence-electron chi connectivity index (χ2n) is 3.25. The Morgan fingerprint density at radius 3 is 2.54 bits per heavy atom. The van der Waals surface area contributed by atoms with E-state index in [9.17, 15) is 0 Å². The maximum absolute atomic E-state index is 4.24. The third kappa shape index (κ3) is 3.32. The van der Waals surface area contributed by atoms with E-state index < -0.39 is 0 Å². The molecule has 0 spiro atoms. The van der Waals surface area contributed by atoms with Crippen molar-refractivity contribution in [1.82, 2.24) is 15.6 Å². The van der Waals surface area contributed by atoms with Gasteiger partial charge in [-0.15, -0.1) is 0 Å². The van der Waals surface area contributed by atoms with Crippen molar-refractivity contribution in [2.24, 2.45) is 0 Å². The van der Waals surface area contributed by atoms with E-state index in [-0.39, 0.29) is 0 Å². The number of rotatable bonds is 5. The van der Waals surface area contributed by atoms with E-state index in [1.54, 1.807) is 0 Å². The maximum Gasteiger partial charge on any atom is 0.0396 e. The highest BCUT2D eigenvalue weighted by Gasteiger charge is 2.27. The molecule has 0 aromatic rings. The molecule has 1 aliphatic rings. The zero-order valence-electron chi connectivity index (χ0n) is 8.11. The molecule has 1 fully saturated rings. The molecule has 1 saturated heterocycles. The predicted molar refractivity (Wildman–Crippen MR) is 63.2 cm³/mol. The van der Waals surface area contributed by atoms with E-state index in [1.807, 2.05) is 0 Å². The molecule has 1 atom stereocenters. The zero-order valence-corrected chi connectivity index (χ0v) is 9.90. The lowest BCUT2D eigenvalue weighted by molar-refractivity contribution is 0.115. The Bertz CT molecular complexity index is 145. The summed E-state index contributed by atoms with van der Waals surface area (Å²) in [4.78, 5) is 0. The quantitative estimate of drug-likeness (QED) is 0.593. The summed E-state index contributed by atoms with van der Waals surface area (Å²) in [5.41, 5.74) is 3.36. The normalized spacial score (nSPS) is 25.6. The molecule has 0 radical (unpaired) electrons. The average molecular weight is 221 g/mol. The second kappa shape index (κ2) is 6.14. The van der Waals surface area contributed by atoms with Gasteiger partial charge in [0.1, 0.15) is 0 Å². The van der Waals surface area contributed by atoms with Crippen LogP contribution in [0.3, 0.4) is 0 Å². The molecule has 1 aliphatic heterocycles. The number of hydrazine groups is 2. The van der Waals surface area contributed by atoms with E-state index >= 15 is 0 Å². The molecule has 1 N–H and O–H groups in total. The first-order valence-corrected chi connectivity index (χ1v) is 6.08. The molecular formula is C8H19N3S2. The fraction of sp³-hybridized carbons (Fsp3) is 1.00. The number of nitrogens with one attached hydrogen (secondary N) is 1. The number of thiol groups is 2. The van der Waals surface area contributed by atoms with Gasteiger partial charge in [0.2, 0.25) is 0 Å². The van der Waals surface area contributed by atoms with E-state index in [0.717, 1.165) is 31.1 Å². The Morgan fingerprint density at radius 1 is 1.31 bits per heavy atom. The average Bonchev–Trinajstić information content (AvgIpc) is 2.49. The summed E-state index contributed by atoms with van der Waals surface area (Å²) in [7, 11) is 0. The van der Waals surface area contributed by atoms with Crippen molar-refractivity contribution in [3.05, 3.63) is 0 Å². The molecule has 1 rings (SSSR count). The fourth-order valence-corrected chi connectivity index (χ4v) is 2.07. The molecule has 0 aromatic carbocycles. The summed E-state index contributed by atoms with van der Waals surface area (Å²) >= 11 is 8.46. The molecule has 1 heterocycles. The Morgan fingerprint density at radius 2 is 2.00 bits per heavy atom. The van der Waals surface area contributed by atoms with Crippen LogP contribution in [0.15, 0.2) is 0 Å². The monoisotopic (exact) mass is 221 g/mol. The fourth-order valence-electron chi connectivity index (χ4n) is 1.61. The highest BCUT2D eigenvalue weighted by atomic mass is 32.1. The van der Waals surface area contributed by atoms with Crippen molar-refractivity contribution in [2.45, 2.75) is 19.4 Å². The summed E-state index contributed by atoms with van der Waals surface area (Å²) in [6, 6.07) is 0.632. The van der Waals surface area contributed by atoms with Gasteiger partial charge in [-0.05, 0) is 6.42 Å². The van der Waals surface area contributed by atoms with Gasteiger partial charge >= 0.3 is 0 Å². The highest BCUT2D eigenvalue weighted by Crippen LogP contribution is 2.10. The Hall–Kier alpha value is 0.580. The van der Waals surface area contributed by atoms with Crippen molar-refractivity contribution in [2.75, 3.05) is 31.1 Å². The van der Waals surface area contributed by atoms with Crippen LogP contribution < -0.4 is 5.53 Å². The maximum atomic E-state index is 4.24. The summed E-state index contributed by atoms with van der Waals surface area (Å²) in [5.74, 6) is 1.80. The van der Waals surface area contributed by atoms with Gasteiger partial charge in [-0.3, -0.25) is 0 Å². The van der Waals surface area contributed by atoms with Crippen molar-refractivity contribution >= 4 is 25.3 Å². The first-order chi connectivity index (χ1) is 6.31. The van der Waals surface area contributed by atoms with E-state index in [4.69, 9.17) is 0 Å². The second-order valence-corrected chi connectivity index (χ2v) is 4.14. The van der Waals surface area contributed by atoms with Crippen LogP contribution in [0.4, 0.5) is 0 Å². The Kier molecular flexibility index (Phi) is 5.50. The van der Waals surface area contributed by atoms with Crippen LogP contribution in [-0.4, -0.2) is 47.2 Å². The molecule has 13 heavy (non-hydrogen) atoms. The summed E-state index contributed by atoms with van der Waals surface area (Å²) in [6.45, 7) is 5.33. The van der Waals surface area contributed by atoms with Gasteiger partial charge in [-0.2, -0.15) is 30.8 Å². The van der Waals surface area contributed by atoms with E-state index in [1.165, 1.54) is 6.42 Å². The van der Waals surface area contributed by atoms with Crippen LogP contribution >= 0.6 is 25.3 Å². The van der Waals surface area contributed by atoms with Crippen molar-refractivity contribution < 1.29 is 0 Å². The number of hydrogen-bond acceptors (Lipinski definition) is 5. The van der Waals surface area contributed by atoms with Gasteiger partial charge in [0.05, 0.1) is 0 Å². The summed E-state index contributed by atoms with van der Waals surface area (Å²) < 4.78 is 0. The molecular weight excluding hydrogens is 202 g/mol. The van der Waals surface area contributed by atoms with Gasteiger partial charge in [0.15, 0.2) is 0 Å². The summed E-state index contributed by atoms with van der Waals surface area (Å²) in [6.07, 6.45) is 1.18. The lowest BCUT2D eigenvalue weighted by Gasteiger charge is -2.21. The van der Waals surface area contributed by atoms with Crippen molar-refractivity contribution in [3.8, 4) is 0 Å². The van der Waals surface area contributed by atoms with Crippen LogP contribution in [0.1, 0.15) is 13.3 Å². The molecule has 0 amide bonds. The van der Waals surface area contributed by atoms with Gasteiger partial charge in [-0.25, -0.2) is 10.0 Å². The lowest BCUT2D eigenvalue weighted by Crippen LogP contribution is -2.43. The third-order valence-corrected chi connectivity index (χ3v) is 2.72. The molecule has 0 saturated carbocycles. The Labute approximate surface area is 91.6 Å². The highest BCUT2D eigenvalue weighted by molar-refractivity contribution is 7.80. The molecule has 0 aliphatic carbocycles. The first kappa shape index (κ1) is 11.7. The molecule has 5 heteroatoms. The van der Waals surface area contributed by atoms with Crippen LogP contribution in [0.2, 0.25) is 0 Å². The third-order valence-electron chi connectivity index (χ3n) is 2.32. The molecule has 1 unspecified atom stereocenters. The van der Waals surface area contributed by atoms with Gasteiger partial charge in [0.25, 0.3) is 0 Å². The summed E-state index contributed by atoms with van der Waals surface area (Å²) in [5, 5.41) is 4.50. The smallest absolute Gasteiger partial charge is 0.0396 e. The number of nitrogens with zero attached hydrogens (tertiary/aromatic N) is 2. The molecule has 0 aromatic heterocycles. The van der Waals surface area contributed by atoms with Gasteiger partial charge in [0, 0.05) is 37.2 Å². The van der Waals surface area contributed by atoms with Crippen LogP contribution in [-0.2, 0) is 0 Å². The van der Waals surface area contributed by atoms with Crippen LogP contribution in [0, 0.1) is 0 Å². The van der Waals surface area contributed by atoms with E-state index in [2.05, 4.69) is 47.7 Å². The topological polar surface area (TPSA) is 18.5 Å². The van der Waals surface area contributed by atoms with E-state index in [0.29, 0.717) is 6.04 Å². The van der Waals surface area contributed by atoms with Gasteiger partial charge < -0.3 is 0 Å². The molecule has 78 valence electrons. The number of hydrogen-bond donors (Lipinski definition) is 3. The SMILES string of the molecule is CCC1CN(CCS)NN1CCS. The minimum atomic E-state index is 0.632. The first-order valence-electron chi connectivity index (χ1n) is 4.81.